The number of hydrogen-bond acceptors (Lipinski definition) is 8. The molecule has 5 heterocycles. The van der Waals surface area contributed by atoms with Gasteiger partial charge in [-0.3, -0.25) is 14.5 Å². The van der Waals surface area contributed by atoms with E-state index in [1.165, 1.54) is 12.8 Å². The van der Waals surface area contributed by atoms with Crippen molar-refractivity contribution in [3.05, 3.63) is 54.6 Å². The molecule has 0 unspecified atom stereocenters. The van der Waals surface area contributed by atoms with Crippen molar-refractivity contribution in [1.82, 2.24) is 19.8 Å². The van der Waals surface area contributed by atoms with Crippen LogP contribution in [0.4, 0.5) is 5.82 Å². The van der Waals surface area contributed by atoms with Gasteiger partial charge in [-0.2, -0.15) is 9.97 Å². The van der Waals surface area contributed by atoms with Gasteiger partial charge in [0.1, 0.15) is 18.2 Å². The summed E-state index contributed by atoms with van der Waals surface area (Å²) in [6.07, 6.45) is 6.29. The van der Waals surface area contributed by atoms with Crippen LogP contribution in [0.2, 0.25) is 0 Å². The Morgan fingerprint density at radius 2 is 1.67 bits per heavy atom. The van der Waals surface area contributed by atoms with Crippen LogP contribution < -0.4 is 9.64 Å². The summed E-state index contributed by atoms with van der Waals surface area (Å²) in [5.41, 5.74) is 2.70. The third-order valence-electron chi connectivity index (χ3n) is 10.7. The van der Waals surface area contributed by atoms with E-state index in [1.807, 2.05) is 23.1 Å². The van der Waals surface area contributed by atoms with E-state index in [4.69, 9.17) is 19.8 Å². The molecule has 4 saturated heterocycles. The number of hydrogen-bond donors (Lipinski definition) is 2. The first kappa shape index (κ1) is 29.0. The number of ether oxygens (including phenoxy) is 1. The van der Waals surface area contributed by atoms with Crippen LogP contribution >= 0.6 is 0 Å². The van der Waals surface area contributed by atoms with Crippen molar-refractivity contribution in [3.63, 3.8) is 0 Å². The number of anilines is 1. The van der Waals surface area contributed by atoms with Gasteiger partial charge in [0, 0.05) is 37.0 Å². The Kier molecular flexibility index (Phi) is 7.20. The number of phenols is 1. The highest BCUT2D eigenvalue weighted by molar-refractivity contribution is 6.01. The van der Waals surface area contributed by atoms with Gasteiger partial charge in [-0.1, -0.05) is 30.3 Å². The quantitative estimate of drug-likeness (QED) is 0.273. The molecule has 0 spiro atoms. The topological polar surface area (TPSA) is 119 Å². The van der Waals surface area contributed by atoms with Gasteiger partial charge in [0.15, 0.2) is 0 Å². The second kappa shape index (κ2) is 11.4. The number of amides is 1. The van der Waals surface area contributed by atoms with Crippen molar-refractivity contribution in [2.24, 2.45) is 0 Å². The molecule has 10 nitrogen and oxygen atoms in total. The minimum absolute atomic E-state index is 0.0109. The molecule has 3 aromatic carbocycles. The molecule has 238 valence electrons. The second-order valence-corrected chi connectivity index (χ2v) is 13.5. The predicted octanol–water partition coefficient (Wildman–Crippen LogP) is 5.21. The lowest BCUT2D eigenvalue weighted by Crippen LogP contribution is -2.56. The minimum Gasteiger partial charge on any atom is -0.508 e. The monoisotopic (exact) mass is 621 g/mol. The Morgan fingerprint density at radius 1 is 0.913 bits per heavy atom. The standard InChI is InChI=1S/C36H39N5O5/c42-27-17-23-5-1-2-6-28(23)30(19-27)24-7-10-29-31(18-24)37-35(46-22-36-13-3-15-40(36)16-4-14-36)38-34(29)39-20-25-8-9-26(21-39)41(25)32(43)11-12-33(44)45/h1-2,5-7,10,17-19,25-26,42H,3-4,8-9,11-16,20-22H2,(H,44,45)/t25-,26+. The van der Waals surface area contributed by atoms with Crippen LogP contribution in [0.3, 0.4) is 0 Å². The third kappa shape index (κ3) is 5.08. The first-order valence-electron chi connectivity index (χ1n) is 16.6. The zero-order valence-corrected chi connectivity index (χ0v) is 25.9. The van der Waals surface area contributed by atoms with E-state index in [9.17, 15) is 14.7 Å². The molecule has 4 aliphatic heterocycles. The highest BCUT2D eigenvalue weighted by Crippen LogP contribution is 2.41. The average molecular weight is 622 g/mol. The molecule has 4 aliphatic rings. The maximum Gasteiger partial charge on any atom is 0.319 e. The maximum atomic E-state index is 13.0. The van der Waals surface area contributed by atoms with Crippen LogP contribution in [0, 0.1) is 0 Å². The molecule has 2 bridgehead atoms. The van der Waals surface area contributed by atoms with E-state index in [2.05, 4.69) is 34.1 Å². The average Bonchev–Trinajstić information content (AvgIpc) is 3.72. The van der Waals surface area contributed by atoms with Crippen molar-refractivity contribution >= 4 is 39.4 Å². The zero-order chi connectivity index (χ0) is 31.4. The second-order valence-electron chi connectivity index (χ2n) is 13.5. The molecule has 0 radical (unpaired) electrons. The molecule has 46 heavy (non-hydrogen) atoms. The van der Waals surface area contributed by atoms with Crippen LogP contribution in [-0.4, -0.2) is 92.3 Å². The number of aromatic hydroxyl groups is 1. The first-order valence-corrected chi connectivity index (χ1v) is 16.6. The molecule has 1 aromatic heterocycles. The highest BCUT2D eigenvalue weighted by Gasteiger charge is 2.45. The van der Waals surface area contributed by atoms with Crippen LogP contribution in [0.25, 0.3) is 32.8 Å². The van der Waals surface area contributed by atoms with Gasteiger partial charge in [-0.15, -0.1) is 0 Å². The number of carbonyl (C=O) groups excluding carboxylic acids is 1. The number of rotatable bonds is 8. The van der Waals surface area contributed by atoms with Gasteiger partial charge in [0.05, 0.1) is 17.5 Å². The lowest BCUT2D eigenvalue weighted by Gasteiger charge is -2.42. The van der Waals surface area contributed by atoms with E-state index in [0.29, 0.717) is 25.7 Å². The van der Waals surface area contributed by atoms with Gasteiger partial charge in [-0.05, 0) is 97.8 Å². The smallest absolute Gasteiger partial charge is 0.319 e. The maximum absolute atomic E-state index is 13.0. The van der Waals surface area contributed by atoms with Crippen LogP contribution in [0.5, 0.6) is 11.8 Å². The first-order chi connectivity index (χ1) is 22.4. The molecule has 8 rings (SSSR count). The van der Waals surface area contributed by atoms with Crippen molar-refractivity contribution in [1.29, 1.82) is 0 Å². The summed E-state index contributed by atoms with van der Waals surface area (Å²) in [5, 5.41) is 22.6. The van der Waals surface area contributed by atoms with E-state index in [1.54, 1.807) is 12.1 Å². The number of carbonyl (C=O) groups is 2. The number of benzene rings is 3. The fourth-order valence-electron chi connectivity index (χ4n) is 8.58. The van der Waals surface area contributed by atoms with E-state index in [-0.39, 0.29) is 42.1 Å². The number of aliphatic carboxylic acids is 1. The zero-order valence-electron chi connectivity index (χ0n) is 25.9. The van der Waals surface area contributed by atoms with Gasteiger partial charge in [0.25, 0.3) is 0 Å². The molecule has 0 saturated carbocycles. The largest absolute Gasteiger partial charge is 0.508 e. The fraction of sp³-hybridized carbons (Fsp3) is 0.444. The summed E-state index contributed by atoms with van der Waals surface area (Å²) in [5.74, 6) is -0.0141. The summed E-state index contributed by atoms with van der Waals surface area (Å²) in [6, 6.07) is 18.2. The van der Waals surface area contributed by atoms with Gasteiger partial charge < -0.3 is 24.7 Å². The van der Waals surface area contributed by atoms with Crippen LogP contribution in [-0.2, 0) is 9.59 Å². The SMILES string of the molecule is O=C(O)CCC(=O)N1[C@@H]2CC[C@H]1CN(c1nc(OCC34CCCN3CCC4)nc3cc(-c4cc(O)cc5ccccc45)ccc13)C2. The number of phenolic OH excluding ortho intramolecular Hbond substituents is 1. The lowest BCUT2D eigenvalue weighted by atomic mass is 9.95. The fourth-order valence-corrected chi connectivity index (χ4v) is 8.58. The normalized spacial score (nSPS) is 22.1. The van der Waals surface area contributed by atoms with Crippen LogP contribution in [0.1, 0.15) is 51.4 Å². The number of piperazine rings is 1. The summed E-state index contributed by atoms with van der Waals surface area (Å²) < 4.78 is 6.50. The van der Waals surface area contributed by atoms with Crippen molar-refractivity contribution in [2.45, 2.75) is 69.0 Å². The molecule has 2 atom stereocenters. The van der Waals surface area contributed by atoms with Crippen molar-refractivity contribution in [3.8, 4) is 22.9 Å². The third-order valence-corrected chi connectivity index (χ3v) is 10.7. The molecular formula is C36H39N5O5. The van der Waals surface area contributed by atoms with Crippen molar-refractivity contribution < 1.29 is 24.5 Å². The van der Waals surface area contributed by atoms with Gasteiger partial charge in [0.2, 0.25) is 5.91 Å². The molecule has 1 amide bonds. The predicted molar refractivity (Wildman–Crippen MR) is 175 cm³/mol. The molecular weight excluding hydrogens is 582 g/mol. The van der Waals surface area contributed by atoms with E-state index in [0.717, 1.165) is 77.4 Å². The minimum atomic E-state index is -0.949. The van der Waals surface area contributed by atoms with Gasteiger partial charge >= 0.3 is 12.0 Å². The van der Waals surface area contributed by atoms with E-state index < -0.39 is 5.97 Å². The Balaban J connectivity index is 1.16. The number of carboxylic acid groups (broad SMARTS) is 1. The molecule has 4 aromatic rings. The summed E-state index contributed by atoms with van der Waals surface area (Å²) in [7, 11) is 0. The van der Waals surface area contributed by atoms with Crippen LogP contribution in [0.15, 0.2) is 54.6 Å². The molecule has 10 heteroatoms. The molecule has 4 fully saturated rings. The summed E-state index contributed by atoms with van der Waals surface area (Å²) in [4.78, 5) is 40.9. The summed E-state index contributed by atoms with van der Waals surface area (Å²) >= 11 is 0. The highest BCUT2D eigenvalue weighted by atomic mass is 16.5. The van der Waals surface area contributed by atoms with Crippen molar-refractivity contribution in [2.75, 3.05) is 37.7 Å². The molecule has 0 aliphatic carbocycles. The number of carboxylic acids is 1. The molecule has 2 N–H and O–H groups in total. The number of nitrogens with zero attached hydrogens (tertiary/aromatic N) is 5. The Morgan fingerprint density at radius 3 is 2.43 bits per heavy atom. The lowest BCUT2D eigenvalue weighted by molar-refractivity contribution is -0.142. The van der Waals surface area contributed by atoms with E-state index >= 15 is 0 Å². The number of fused-ring (bicyclic) bond motifs is 5. The Labute approximate surface area is 267 Å². The Hall–Kier alpha value is -4.44. The Bertz CT molecular complexity index is 1820. The number of aromatic nitrogens is 2. The van der Waals surface area contributed by atoms with Gasteiger partial charge in [-0.25, -0.2) is 0 Å². The summed E-state index contributed by atoms with van der Waals surface area (Å²) in [6.45, 7) is 4.04.